The van der Waals surface area contributed by atoms with Crippen molar-refractivity contribution in [1.82, 2.24) is 9.97 Å². The van der Waals surface area contributed by atoms with Gasteiger partial charge in [-0.15, -0.1) is 0 Å². The third-order valence-electron chi connectivity index (χ3n) is 6.69. The Kier molecular flexibility index (Phi) is 7.00. The van der Waals surface area contributed by atoms with E-state index in [9.17, 15) is 27.2 Å². The minimum absolute atomic E-state index is 0.0559. The Balaban J connectivity index is 1.65. The van der Waals surface area contributed by atoms with Gasteiger partial charge in [-0.1, -0.05) is 30.3 Å². The smallest absolute Gasteiger partial charge is 0.433 e. The molecule has 1 aliphatic rings. The summed E-state index contributed by atoms with van der Waals surface area (Å²) in [4.78, 5) is 10.1. The van der Waals surface area contributed by atoms with Crippen LogP contribution in [-0.2, 0) is 12.8 Å². The molecule has 5 rings (SSSR count). The summed E-state index contributed by atoms with van der Waals surface area (Å²) in [7, 11) is 0. The molecule has 1 aromatic carbocycles. The first-order valence-electron chi connectivity index (χ1n) is 12.4. The van der Waals surface area contributed by atoms with E-state index in [0.29, 0.717) is 16.7 Å². The molecular formula is C28H26F5N4O2+. The van der Waals surface area contributed by atoms with E-state index in [1.165, 1.54) is 30.3 Å². The van der Waals surface area contributed by atoms with Crippen molar-refractivity contribution in [2.75, 3.05) is 18.0 Å². The molecule has 0 bridgehead atoms. The summed E-state index contributed by atoms with van der Waals surface area (Å²) in [6.45, 7) is 1.48. The van der Waals surface area contributed by atoms with Gasteiger partial charge in [0.15, 0.2) is 0 Å². The van der Waals surface area contributed by atoms with Gasteiger partial charge in [-0.2, -0.15) is 13.2 Å². The van der Waals surface area contributed by atoms with Crippen molar-refractivity contribution >= 4 is 16.7 Å². The van der Waals surface area contributed by atoms with Crippen molar-refractivity contribution in [3.8, 4) is 17.0 Å². The molecule has 0 atom stereocenters. The fourth-order valence-corrected chi connectivity index (χ4v) is 4.72. The number of nitrogens with zero attached hydrogens (tertiary/aromatic N) is 4. The Bertz CT molecular complexity index is 1500. The molecule has 4 aromatic rings. The lowest BCUT2D eigenvalue weighted by molar-refractivity contribution is -0.904. The predicted octanol–water partition coefficient (Wildman–Crippen LogP) is 6.35. The zero-order chi connectivity index (χ0) is 27.8. The molecule has 0 saturated carbocycles. The number of aryl methyl sites for hydroxylation is 1. The van der Waals surface area contributed by atoms with Gasteiger partial charge >= 0.3 is 6.18 Å². The summed E-state index contributed by atoms with van der Waals surface area (Å²) in [5, 5.41) is 10.5. The van der Waals surface area contributed by atoms with Gasteiger partial charge in [-0.3, -0.25) is 5.21 Å². The van der Waals surface area contributed by atoms with Crippen molar-refractivity contribution in [3.63, 3.8) is 0 Å². The predicted molar refractivity (Wildman–Crippen MR) is 134 cm³/mol. The van der Waals surface area contributed by atoms with Crippen LogP contribution in [0.5, 0.6) is 5.75 Å². The summed E-state index contributed by atoms with van der Waals surface area (Å²) in [5.74, 6) is -2.61. The molecular weight excluding hydrogens is 519 g/mol. The van der Waals surface area contributed by atoms with E-state index in [-0.39, 0.29) is 55.2 Å². The average Bonchev–Trinajstić information content (AvgIpc) is 3.07. The zero-order valence-electron chi connectivity index (χ0n) is 21.1. The van der Waals surface area contributed by atoms with E-state index in [4.69, 9.17) is 4.74 Å². The lowest BCUT2D eigenvalue weighted by atomic mass is 10.0. The maximum absolute atomic E-state index is 14.1. The largest absolute Gasteiger partial charge is 0.488 e. The van der Waals surface area contributed by atoms with Gasteiger partial charge in [0.25, 0.3) is 0 Å². The maximum Gasteiger partial charge on any atom is 0.433 e. The summed E-state index contributed by atoms with van der Waals surface area (Å²) < 4.78 is 76.7. The van der Waals surface area contributed by atoms with Crippen molar-refractivity contribution in [3.05, 3.63) is 77.7 Å². The Morgan fingerprint density at radius 3 is 2.56 bits per heavy atom. The second kappa shape index (κ2) is 10.3. The molecule has 11 heteroatoms. The van der Waals surface area contributed by atoms with E-state index in [1.807, 2.05) is 30.3 Å². The van der Waals surface area contributed by atoms with Gasteiger partial charge < -0.3 is 9.64 Å². The number of rotatable bonds is 5. The molecule has 1 saturated heterocycles. The number of hydrogen-bond donors (Lipinski definition) is 1. The van der Waals surface area contributed by atoms with Gasteiger partial charge in [0.1, 0.15) is 29.3 Å². The van der Waals surface area contributed by atoms with Crippen molar-refractivity contribution in [2.24, 2.45) is 0 Å². The van der Waals surface area contributed by atoms with E-state index in [1.54, 1.807) is 12.1 Å². The summed E-state index contributed by atoms with van der Waals surface area (Å²) in [5.41, 5.74) is 0.674. The molecule has 39 heavy (non-hydrogen) atoms. The van der Waals surface area contributed by atoms with Crippen LogP contribution in [0.2, 0.25) is 0 Å². The van der Waals surface area contributed by atoms with Crippen LogP contribution < -0.4 is 14.4 Å². The number of halogens is 5. The minimum atomic E-state index is -4.72. The van der Waals surface area contributed by atoms with Gasteiger partial charge in [0, 0.05) is 48.4 Å². The fourth-order valence-electron chi connectivity index (χ4n) is 4.72. The third-order valence-corrected chi connectivity index (χ3v) is 6.69. The van der Waals surface area contributed by atoms with Gasteiger partial charge in [-0.05, 0) is 30.5 Å². The summed E-state index contributed by atoms with van der Waals surface area (Å²) in [6, 6.07) is 13.8. The highest BCUT2D eigenvalue weighted by molar-refractivity contribution is 5.88. The fraction of sp³-hybridized carbons (Fsp3) is 0.321. The van der Waals surface area contributed by atoms with Gasteiger partial charge in [0.2, 0.25) is 18.3 Å². The highest BCUT2D eigenvalue weighted by Crippen LogP contribution is 2.40. The first-order valence-corrected chi connectivity index (χ1v) is 12.4. The second-order valence-corrected chi connectivity index (χ2v) is 9.62. The van der Waals surface area contributed by atoms with Crippen LogP contribution in [0.1, 0.15) is 36.1 Å². The number of fused-ring (bicyclic) bond motifs is 1. The molecule has 1 aliphatic heterocycles. The van der Waals surface area contributed by atoms with Crippen LogP contribution >= 0.6 is 0 Å². The van der Waals surface area contributed by atoms with Crippen LogP contribution in [0.15, 0.2) is 60.9 Å². The molecule has 3 aromatic heterocycles. The normalized spacial score (nSPS) is 15.8. The molecule has 0 amide bonds. The second-order valence-electron chi connectivity index (χ2n) is 9.62. The maximum atomic E-state index is 14.1. The third kappa shape index (κ3) is 5.86. The van der Waals surface area contributed by atoms with Crippen LogP contribution in [0.4, 0.5) is 27.8 Å². The lowest BCUT2D eigenvalue weighted by Gasteiger charge is -2.26. The quantitative estimate of drug-likeness (QED) is 0.180. The Labute approximate surface area is 221 Å². The van der Waals surface area contributed by atoms with Gasteiger partial charge in [-0.25, -0.2) is 18.7 Å². The zero-order valence-corrected chi connectivity index (χ0v) is 21.1. The lowest BCUT2D eigenvalue weighted by Crippen LogP contribution is -2.28. The molecule has 1 fully saturated rings. The summed E-state index contributed by atoms with van der Waals surface area (Å²) in [6.07, 6.45) is -2.66. The minimum Gasteiger partial charge on any atom is -0.488 e. The van der Waals surface area contributed by atoms with E-state index in [0.717, 1.165) is 10.3 Å². The van der Waals surface area contributed by atoms with Crippen molar-refractivity contribution in [1.29, 1.82) is 0 Å². The Morgan fingerprint density at radius 1 is 1.05 bits per heavy atom. The van der Waals surface area contributed by atoms with Crippen molar-refractivity contribution in [2.45, 2.75) is 44.9 Å². The van der Waals surface area contributed by atoms with Crippen LogP contribution in [0, 0.1) is 6.92 Å². The molecule has 0 unspecified atom stereocenters. The van der Waals surface area contributed by atoms with E-state index < -0.39 is 24.2 Å². The number of hydrogen-bond acceptors (Lipinski definition) is 5. The number of alkyl halides is 5. The Morgan fingerprint density at radius 2 is 1.82 bits per heavy atom. The molecule has 4 heterocycles. The average molecular weight is 546 g/mol. The molecule has 1 N–H and O–H groups in total. The van der Waals surface area contributed by atoms with Crippen LogP contribution in [0.25, 0.3) is 22.2 Å². The standard InChI is InChI=1S/C28H26F5N4O2/c1-18-14-20(26(35-25(18)28(31,32)33)36-11-5-9-27(29,30)10-13-36)23-15-24(39-17-19-6-3-2-4-7-19)21-16-37(38)12-8-22(21)34-23/h2-4,6-8,12,14-16,38H,5,9-11,13,17H2,1H3/q+1. The van der Waals surface area contributed by atoms with E-state index in [2.05, 4.69) is 9.97 Å². The Hall–Kier alpha value is -4.02. The topological polar surface area (TPSA) is 62.4 Å². The number of anilines is 1. The van der Waals surface area contributed by atoms with Crippen molar-refractivity contribution < 1.29 is 36.6 Å². The van der Waals surface area contributed by atoms with E-state index >= 15 is 0 Å². The highest BCUT2D eigenvalue weighted by Gasteiger charge is 2.38. The SMILES string of the molecule is Cc1cc(-c2cc(OCc3ccccc3)c3c[n+](O)ccc3n2)c(N2CCCC(F)(F)CC2)nc1C(F)(F)F. The molecule has 0 aliphatic carbocycles. The molecule has 204 valence electrons. The van der Waals surface area contributed by atoms with Gasteiger partial charge in [0.05, 0.1) is 11.2 Å². The first kappa shape index (κ1) is 26.6. The van der Waals surface area contributed by atoms with Crippen LogP contribution in [-0.4, -0.2) is 34.2 Å². The summed E-state index contributed by atoms with van der Waals surface area (Å²) >= 11 is 0. The number of aromatic nitrogens is 3. The molecule has 0 spiro atoms. The number of pyridine rings is 3. The molecule has 6 nitrogen and oxygen atoms in total. The monoisotopic (exact) mass is 545 g/mol. The highest BCUT2D eigenvalue weighted by atomic mass is 19.4. The number of benzene rings is 1. The first-order chi connectivity index (χ1) is 18.5. The van der Waals surface area contributed by atoms with Crippen LogP contribution in [0.3, 0.4) is 0 Å². The molecule has 0 radical (unpaired) electrons. The number of ether oxygens (including phenoxy) is 1.